The van der Waals surface area contributed by atoms with Crippen LogP contribution in [0.3, 0.4) is 0 Å². The molecule has 86 valence electrons. The van der Waals surface area contributed by atoms with Gasteiger partial charge >= 0.3 is 0 Å². The zero-order valence-electron chi connectivity index (χ0n) is 9.94. The number of rotatable bonds is 2. The van der Waals surface area contributed by atoms with E-state index in [1.54, 1.807) is 6.07 Å². The van der Waals surface area contributed by atoms with Crippen LogP contribution in [-0.2, 0) is 0 Å². The van der Waals surface area contributed by atoms with Crippen molar-refractivity contribution < 1.29 is 4.42 Å². The lowest BCUT2D eigenvalue weighted by molar-refractivity contribution is 0.587. The Bertz CT molecular complexity index is 645. The Balaban J connectivity index is 2.69. The van der Waals surface area contributed by atoms with Crippen LogP contribution in [0.5, 0.6) is 0 Å². The summed E-state index contributed by atoms with van der Waals surface area (Å²) in [6.07, 6.45) is 5.77. The first-order valence-corrected chi connectivity index (χ1v) is 5.58. The van der Waals surface area contributed by atoms with E-state index in [4.69, 9.17) is 4.42 Å². The fourth-order valence-electron chi connectivity index (χ4n) is 1.75. The molecule has 2 aromatic rings. The molecule has 0 fully saturated rings. The number of benzene rings is 1. The Morgan fingerprint density at radius 2 is 2.00 bits per heavy atom. The molecule has 1 aromatic carbocycles. The minimum absolute atomic E-state index is 0.00861. The Morgan fingerprint density at radius 3 is 2.71 bits per heavy atom. The summed E-state index contributed by atoms with van der Waals surface area (Å²) in [6.45, 7) is 3.85. The summed E-state index contributed by atoms with van der Waals surface area (Å²) >= 11 is 0. The van der Waals surface area contributed by atoms with Gasteiger partial charge in [-0.3, -0.25) is 4.79 Å². The second kappa shape index (κ2) is 4.83. The maximum Gasteiger partial charge on any atom is 0.193 e. The molecule has 2 rings (SSSR count). The van der Waals surface area contributed by atoms with Crippen LogP contribution in [0.25, 0.3) is 16.5 Å². The summed E-state index contributed by atoms with van der Waals surface area (Å²) in [4.78, 5) is 11.9. The van der Waals surface area contributed by atoms with Crippen LogP contribution in [0.15, 0.2) is 57.8 Å². The zero-order valence-corrected chi connectivity index (χ0v) is 9.94. The smallest absolute Gasteiger partial charge is 0.193 e. The first-order valence-electron chi connectivity index (χ1n) is 5.58. The van der Waals surface area contributed by atoms with Crippen molar-refractivity contribution in [2.45, 2.75) is 13.8 Å². The summed E-state index contributed by atoms with van der Waals surface area (Å²) in [5.41, 5.74) is 1.53. The molecule has 1 heterocycles. The van der Waals surface area contributed by atoms with Crippen LogP contribution in [0, 0.1) is 0 Å². The van der Waals surface area contributed by atoms with E-state index in [2.05, 4.69) is 0 Å². The van der Waals surface area contributed by atoms with E-state index in [0.717, 1.165) is 5.57 Å². The summed E-state index contributed by atoms with van der Waals surface area (Å²) in [7, 11) is 0. The Morgan fingerprint density at radius 1 is 1.24 bits per heavy atom. The van der Waals surface area contributed by atoms with Gasteiger partial charge in [0.25, 0.3) is 0 Å². The van der Waals surface area contributed by atoms with Gasteiger partial charge in [0.1, 0.15) is 11.3 Å². The van der Waals surface area contributed by atoms with Crippen LogP contribution in [-0.4, -0.2) is 0 Å². The van der Waals surface area contributed by atoms with Gasteiger partial charge in [0.15, 0.2) is 5.43 Å². The van der Waals surface area contributed by atoms with Crippen molar-refractivity contribution in [3.63, 3.8) is 0 Å². The molecule has 2 nitrogen and oxygen atoms in total. The van der Waals surface area contributed by atoms with Crippen molar-refractivity contribution >= 4 is 16.5 Å². The number of para-hydroxylation sites is 1. The maximum absolute atomic E-state index is 11.9. The SMILES string of the molecule is C/C=C\C(=C/C)c1cc(=O)c2ccccc2o1. The molecule has 0 radical (unpaired) electrons. The van der Waals surface area contributed by atoms with E-state index in [1.165, 1.54) is 6.07 Å². The van der Waals surface area contributed by atoms with E-state index in [0.29, 0.717) is 16.7 Å². The number of hydrogen-bond acceptors (Lipinski definition) is 2. The van der Waals surface area contributed by atoms with Gasteiger partial charge in [0.05, 0.1) is 5.39 Å². The van der Waals surface area contributed by atoms with Crippen molar-refractivity contribution in [2.24, 2.45) is 0 Å². The summed E-state index contributed by atoms with van der Waals surface area (Å²) in [6, 6.07) is 8.82. The fraction of sp³-hybridized carbons (Fsp3) is 0.133. The molecule has 0 saturated heterocycles. The average molecular weight is 226 g/mol. The second-order valence-electron chi connectivity index (χ2n) is 3.72. The highest BCUT2D eigenvalue weighted by atomic mass is 16.3. The van der Waals surface area contributed by atoms with Crippen molar-refractivity contribution in [2.75, 3.05) is 0 Å². The van der Waals surface area contributed by atoms with Gasteiger partial charge in [-0.1, -0.05) is 30.4 Å². The molecule has 0 N–H and O–H groups in total. The van der Waals surface area contributed by atoms with Crippen molar-refractivity contribution in [3.05, 3.63) is 64.5 Å². The van der Waals surface area contributed by atoms with E-state index in [1.807, 2.05) is 50.3 Å². The predicted molar refractivity (Wildman–Crippen MR) is 70.9 cm³/mol. The minimum atomic E-state index is -0.00861. The Kier molecular flexibility index (Phi) is 3.24. The third-order valence-corrected chi connectivity index (χ3v) is 2.58. The normalized spacial score (nSPS) is 12.5. The van der Waals surface area contributed by atoms with E-state index < -0.39 is 0 Å². The molecule has 0 aliphatic heterocycles. The third kappa shape index (κ3) is 2.21. The summed E-state index contributed by atoms with van der Waals surface area (Å²) in [5.74, 6) is 0.606. The highest BCUT2D eigenvalue weighted by Crippen LogP contribution is 2.19. The Hall–Kier alpha value is -2.09. The average Bonchev–Trinajstić information content (AvgIpc) is 2.36. The quantitative estimate of drug-likeness (QED) is 0.729. The van der Waals surface area contributed by atoms with E-state index in [9.17, 15) is 4.79 Å². The fourth-order valence-corrected chi connectivity index (χ4v) is 1.75. The first kappa shape index (κ1) is 11.4. The zero-order chi connectivity index (χ0) is 12.3. The summed E-state index contributed by atoms with van der Waals surface area (Å²) < 4.78 is 5.73. The van der Waals surface area contributed by atoms with Gasteiger partial charge in [0.2, 0.25) is 0 Å². The van der Waals surface area contributed by atoms with E-state index in [-0.39, 0.29) is 5.43 Å². The third-order valence-electron chi connectivity index (χ3n) is 2.58. The molecule has 0 aliphatic carbocycles. The maximum atomic E-state index is 11.9. The summed E-state index contributed by atoms with van der Waals surface area (Å²) in [5, 5.41) is 0.618. The van der Waals surface area contributed by atoms with Gasteiger partial charge in [0, 0.05) is 11.6 Å². The van der Waals surface area contributed by atoms with Crippen molar-refractivity contribution in [1.29, 1.82) is 0 Å². The molecule has 0 aliphatic rings. The molecule has 0 spiro atoms. The largest absolute Gasteiger partial charge is 0.456 e. The predicted octanol–water partition coefficient (Wildman–Crippen LogP) is 3.77. The van der Waals surface area contributed by atoms with Gasteiger partial charge in [-0.05, 0) is 26.0 Å². The van der Waals surface area contributed by atoms with Gasteiger partial charge in [-0.2, -0.15) is 0 Å². The second-order valence-corrected chi connectivity index (χ2v) is 3.72. The van der Waals surface area contributed by atoms with Crippen molar-refractivity contribution in [3.8, 4) is 0 Å². The molecular formula is C15H14O2. The van der Waals surface area contributed by atoms with Crippen LogP contribution >= 0.6 is 0 Å². The van der Waals surface area contributed by atoms with Crippen LogP contribution in [0.1, 0.15) is 19.6 Å². The topological polar surface area (TPSA) is 30.2 Å². The lowest BCUT2D eigenvalue weighted by atomic mass is 10.1. The number of fused-ring (bicyclic) bond motifs is 1. The molecule has 17 heavy (non-hydrogen) atoms. The molecule has 0 saturated carbocycles. The van der Waals surface area contributed by atoms with Crippen LogP contribution in [0.4, 0.5) is 0 Å². The molecule has 0 bridgehead atoms. The minimum Gasteiger partial charge on any atom is -0.456 e. The molecule has 1 aromatic heterocycles. The molecule has 0 unspecified atom stereocenters. The Labute approximate surface area is 99.9 Å². The lowest BCUT2D eigenvalue weighted by Gasteiger charge is -2.03. The molecular weight excluding hydrogens is 212 g/mol. The highest BCUT2D eigenvalue weighted by molar-refractivity contribution is 5.79. The van der Waals surface area contributed by atoms with Crippen LogP contribution < -0.4 is 5.43 Å². The first-order chi connectivity index (χ1) is 8.26. The standard InChI is InChI=1S/C15H14O2/c1-3-7-11(4-2)15-10-13(16)12-8-5-6-9-14(12)17-15/h3-10H,1-2H3/b7-3-,11-4+. The number of hydrogen-bond donors (Lipinski definition) is 0. The highest BCUT2D eigenvalue weighted by Gasteiger charge is 2.05. The molecule has 0 atom stereocenters. The lowest BCUT2D eigenvalue weighted by Crippen LogP contribution is -2.01. The van der Waals surface area contributed by atoms with Gasteiger partial charge < -0.3 is 4.42 Å². The van der Waals surface area contributed by atoms with Gasteiger partial charge in [-0.25, -0.2) is 0 Å². The van der Waals surface area contributed by atoms with Crippen molar-refractivity contribution in [1.82, 2.24) is 0 Å². The van der Waals surface area contributed by atoms with Crippen LogP contribution in [0.2, 0.25) is 0 Å². The van der Waals surface area contributed by atoms with E-state index >= 15 is 0 Å². The molecule has 2 heteroatoms. The monoisotopic (exact) mass is 226 g/mol. The number of allylic oxidation sites excluding steroid dienone is 4. The molecule has 0 amide bonds. The van der Waals surface area contributed by atoms with Gasteiger partial charge in [-0.15, -0.1) is 0 Å².